The maximum atomic E-state index is 12.2. The van der Waals surface area contributed by atoms with Gasteiger partial charge in [0.05, 0.1) is 10.6 Å². The average Bonchev–Trinajstić information content (AvgIpc) is 3.08. The van der Waals surface area contributed by atoms with E-state index < -0.39 is 0 Å². The van der Waals surface area contributed by atoms with E-state index in [2.05, 4.69) is 10.1 Å². The average molecular weight is 288 g/mol. The molecule has 0 aliphatic heterocycles. The van der Waals surface area contributed by atoms with Crippen LogP contribution in [0.1, 0.15) is 14.7 Å². The first-order chi connectivity index (χ1) is 9.25. The van der Waals surface area contributed by atoms with Crippen molar-refractivity contribution in [2.45, 2.75) is 0 Å². The van der Waals surface area contributed by atoms with Crippen molar-refractivity contribution < 1.29 is 4.79 Å². The Kier molecular flexibility index (Phi) is 3.06. The SMILES string of the molecule is N=c1sc(C(=O)c2cccs2)nn1-c1ccncc1. The summed E-state index contributed by atoms with van der Waals surface area (Å²) in [7, 11) is 0. The van der Waals surface area contributed by atoms with Crippen molar-refractivity contribution in [2.24, 2.45) is 0 Å². The molecule has 5 nitrogen and oxygen atoms in total. The van der Waals surface area contributed by atoms with Gasteiger partial charge in [-0.05, 0) is 23.6 Å². The molecule has 0 saturated carbocycles. The standard InChI is InChI=1S/C12H8N4OS2/c13-12-16(8-3-5-14-6-4-8)15-11(19-12)10(17)9-2-1-7-18-9/h1-7,13H. The van der Waals surface area contributed by atoms with Crippen LogP contribution in [-0.2, 0) is 0 Å². The fourth-order valence-electron chi connectivity index (χ4n) is 1.56. The first-order valence-corrected chi connectivity index (χ1v) is 7.08. The Labute approximate surface area is 116 Å². The number of thiophene rings is 1. The molecule has 0 amide bonds. The lowest BCUT2D eigenvalue weighted by atomic mass is 10.3. The lowest BCUT2D eigenvalue weighted by Gasteiger charge is -1.98. The van der Waals surface area contributed by atoms with E-state index in [1.807, 2.05) is 11.4 Å². The Balaban J connectivity index is 2.03. The molecule has 94 valence electrons. The van der Waals surface area contributed by atoms with E-state index in [-0.39, 0.29) is 10.6 Å². The molecule has 19 heavy (non-hydrogen) atoms. The minimum absolute atomic E-state index is 0.138. The Morgan fingerprint density at radius 2 is 2.05 bits per heavy atom. The maximum absolute atomic E-state index is 12.2. The van der Waals surface area contributed by atoms with Crippen LogP contribution in [0.15, 0.2) is 42.0 Å². The number of hydrogen-bond acceptors (Lipinski definition) is 6. The van der Waals surface area contributed by atoms with Crippen LogP contribution >= 0.6 is 22.7 Å². The quantitative estimate of drug-likeness (QED) is 0.750. The molecule has 0 atom stereocenters. The Morgan fingerprint density at radius 1 is 1.26 bits per heavy atom. The minimum Gasteiger partial charge on any atom is -0.285 e. The number of hydrogen-bond donors (Lipinski definition) is 1. The van der Waals surface area contributed by atoms with Crippen molar-refractivity contribution in [3.05, 3.63) is 56.7 Å². The molecule has 3 heterocycles. The molecule has 3 aromatic heterocycles. The molecule has 0 fully saturated rings. The molecule has 0 spiro atoms. The molecule has 0 radical (unpaired) electrons. The second-order valence-electron chi connectivity index (χ2n) is 3.64. The van der Waals surface area contributed by atoms with Crippen LogP contribution in [0.4, 0.5) is 0 Å². The normalized spacial score (nSPS) is 10.5. The van der Waals surface area contributed by atoms with Gasteiger partial charge in [0.15, 0.2) is 5.01 Å². The fourth-order valence-corrected chi connectivity index (χ4v) is 3.03. The number of ketones is 1. The van der Waals surface area contributed by atoms with Crippen LogP contribution in [0.2, 0.25) is 0 Å². The summed E-state index contributed by atoms with van der Waals surface area (Å²) in [4.78, 5) is 16.9. The summed E-state index contributed by atoms with van der Waals surface area (Å²) in [5.41, 5.74) is 0.724. The smallest absolute Gasteiger partial charge is 0.233 e. The summed E-state index contributed by atoms with van der Waals surface area (Å²) in [5, 5.41) is 14.3. The van der Waals surface area contributed by atoms with Gasteiger partial charge in [0.1, 0.15) is 0 Å². The highest BCUT2D eigenvalue weighted by Gasteiger charge is 2.16. The van der Waals surface area contributed by atoms with Crippen LogP contribution in [0.3, 0.4) is 0 Å². The van der Waals surface area contributed by atoms with Gasteiger partial charge in [-0.1, -0.05) is 17.4 Å². The Hall–Kier alpha value is -2.12. The van der Waals surface area contributed by atoms with Gasteiger partial charge < -0.3 is 0 Å². The molecule has 0 bridgehead atoms. The highest BCUT2D eigenvalue weighted by molar-refractivity contribution is 7.15. The van der Waals surface area contributed by atoms with Crippen LogP contribution in [0.25, 0.3) is 5.69 Å². The molecule has 3 aromatic rings. The molecule has 7 heteroatoms. The molecule has 3 rings (SSSR count). The Bertz CT molecular complexity index is 759. The molecular formula is C12H8N4OS2. The van der Waals surface area contributed by atoms with Gasteiger partial charge in [-0.3, -0.25) is 15.2 Å². The van der Waals surface area contributed by atoms with Gasteiger partial charge in [-0.2, -0.15) is 5.10 Å². The molecule has 0 aliphatic rings. The highest BCUT2D eigenvalue weighted by Crippen LogP contribution is 2.15. The topological polar surface area (TPSA) is 71.6 Å². The number of nitrogens with one attached hydrogen (secondary N) is 1. The zero-order valence-corrected chi connectivity index (χ0v) is 11.2. The van der Waals surface area contributed by atoms with E-state index in [1.165, 1.54) is 16.0 Å². The third kappa shape index (κ3) is 2.25. The van der Waals surface area contributed by atoms with E-state index in [9.17, 15) is 4.79 Å². The molecule has 1 N–H and O–H groups in total. The summed E-state index contributed by atoms with van der Waals surface area (Å²) < 4.78 is 1.44. The second kappa shape index (κ2) is 4.87. The van der Waals surface area contributed by atoms with Gasteiger partial charge in [0.2, 0.25) is 10.6 Å². The molecule has 0 aliphatic carbocycles. The second-order valence-corrected chi connectivity index (χ2v) is 5.56. The maximum Gasteiger partial charge on any atom is 0.233 e. The summed E-state index contributed by atoms with van der Waals surface area (Å²) in [5.74, 6) is -0.138. The number of rotatable bonds is 3. The number of carbonyl (C=O) groups excluding carboxylic acids is 1. The summed E-state index contributed by atoms with van der Waals surface area (Å²) >= 11 is 2.44. The highest BCUT2D eigenvalue weighted by atomic mass is 32.1. The van der Waals surface area contributed by atoms with Gasteiger partial charge in [-0.25, -0.2) is 4.68 Å². The van der Waals surface area contributed by atoms with Crippen molar-refractivity contribution in [1.82, 2.24) is 14.8 Å². The third-order valence-corrected chi connectivity index (χ3v) is 4.12. The monoisotopic (exact) mass is 288 g/mol. The van der Waals surface area contributed by atoms with E-state index in [0.717, 1.165) is 17.0 Å². The predicted molar refractivity (Wildman–Crippen MR) is 72.8 cm³/mol. The van der Waals surface area contributed by atoms with E-state index in [0.29, 0.717) is 9.88 Å². The van der Waals surface area contributed by atoms with Crippen LogP contribution in [-0.4, -0.2) is 20.5 Å². The molecule has 0 aromatic carbocycles. The van der Waals surface area contributed by atoms with E-state index in [4.69, 9.17) is 5.41 Å². The fraction of sp³-hybridized carbons (Fsp3) is 0. The minimum atomic E-state index is -0.138. The first kappa shape index (κ1) is 11.9. The van der Waals surface area contributed by atoms with Crippen molar-refractivity contribution in [3.63, 3.8) is 0 Å². The van der Waals surface area contributed by atoms with Crippen molar-refractivity contribution in [3.8, 4) is 5.69 Å². The number of pyridine rings is 1. The van der Waals surface area contributed by atoms with Crippen molar-refractivity contribution >= 4 is 28.5 Å². The lowest BCUT2D eigenvalue weighted by molar-refractivity contribution is 0.104. The van der Waals surface area contributed by atoms with Crippen molar-refractivity contribution in [1.29, 1.82) is 5.41 Å². The number of carbonyl (C=O) groups is 1. The third-order valence-electron chi connectivity index (χ3n) is 2.42. The zero-order valence-electron chi connectivity index (χ0n) is 9.61. The van der Waals surface area contributed by atoms with Crippen molar-refractivity contribution in [2.75, 3.05) is 0 Å². The van der Waals surface area contributed by atoms with E-state index in [1.54, 1.807) is 30.6 Å². The predicted octanol–water partition coefficient (Wildman–Crippen LogP) is 2.10. The number of nitrogens with zero attached hydrogens (tertiary/aromatic N) is 3. The van der Waals surface area contributed by atoms with Gasteiger partial charge in [-0.15, -0.1) is 11.3 Å². The summed E-state index contributed by atoms with van der Waals surface area (Å²) in [6, 6.07) is 7.08. The summed E-state index contributed by atoms with van der Waals surface area (Å²) in [6.07, 6.45) is 3.25. The van der Waals surface area contributed by atoms with Crippen LogP contribution < -0.4 is 4.80 Å². The van der Waals surface area contributed by atoms with Crippen LogP contribution in [0, 0.1) is 5.41 Å². The van der Waals surface area contributed by atoms with Gasteiger partial charge in [0, 0.05) is 12.4 Å². The molecular weight excluding hydrogens is 280 g/mol. The lowest BCUT2D eigenvalue weighted by Crippen LogP contribution is -2.12. The van der Waals surface area contributed by atoms with Gasteiger partial charge in [0.25, 0.3) is 0 Å². The summed E-state index contributed by atoms with van der Waals surface area (Å²) in [6.45, 7) is 0. The zero-order chi connectivity index (χ0) is 13.2. The van der Waals surface area contributed by atoms with Crippen LogP contribution in [0.5, 0.6) is 0 Å². The Morgan fingerprint density at radius 3 is 2.74 bits per heavy atom. The first-order valence-electron chi connectivity index (χ1n) is 5.39. The number of aromatic nitrogens is 3. The largest absolute Gasteiger partial charge is 0.285 e. The molecule has 0 unspecified atom stereocenters. The molecule has 0 saturated heterocycles. The van der Waals surface area contributed by atoms with Gasteiger partial charge >= 0.3 is 0 Å². The van der Waals surface area contributed by atoms with E-state index >= 15 is 0 Å².